The molecule has 9 nitrogen and oxygen atoms in total. The maximum atomic E-state index is 12.8. The van der Waals surface area contributed by atoms with Gasteiger partial charge in [-0.2, -0.15) is 5.26 Å². The minimum Gasteiger partial charge on any atom is -0.324 e. The van der Waals surface area contributed by atoms with Gasteiger partial charge in [-0.15, -0.1) is 0 Å². The zero-order chi connectivity index (χ0) is 21.6. The number of non-ortho nitro benzene ring substituents is 1. The topological polar surface area (TPSA) is 133 Å². The fraction of sp³-hybridized carbons (Fsp3) is 0.263. The van der Waals surface area contributed by atoms with Gasteiger partial charge in [-0.25, -0.2) is 8.42 Å². The van der Waals surface area contributed by atoms with Gasteiger partial charge in [0.05, 0.1) is 29.4 Å². The summed E-state index contributed by atoms with van der Waals surface area (Å²) >= 11 is 0. The van der Waals surface area contributed by atoms with Crippen molar-refractivity contribution in [3.63, 3.8) is 0 Å². The van der Waals surface area contributed by atoms with E-state index in [1.807, 2.05) is 6.07 Å². The second-order valence-corrected chi connectivity index (χ2v) is 8.14. The minimum absolute atomic E-state index is 0.0352. The van der Waals surface area contributed by atoms with Gasteiger partial charge in [0, 0.05) is 17.8 Å². The van der Waals surface area contributed by atoms with E-state index in [2.05, 4.69) is 5.32 Å². The van der Waals surface area contributed by atoms with Gasteiger partial charge in [0.2, 0.25) is 15.9 Å². The van der Waals surface area contributed by atoms with Crippen LogP contribution in [-0.4, -0.2) is 31.5 Å². The van der Waals surface area contributed by atoms with Crippen molar-refractivity contribution < 1.29 is 18.1 Å². The van der Waals surface area contributed by atoms with Crippen molar-refractivity contribution >= 4 is 33.0 Å². The number of benzene rings is 2. The SMILES string of the molecule is CC[C@H](C(=O)Nc1ccc(CC#N)cc1)N(c1cccc([N+](=O)[O-])c1)S(C)(=O)=O. The van der Waals surface area contributed by atoms with Crippen molar-refractivity contribution in [1.29, 1.82) is 5.26 Å². The quantitative estimate of drug-likeness (QED) is 0.519. The van der Waals surface area contributed by atoms with E-state index in [1.165, 1.54) is 18.2 Å². The molecule has 0 spiro atoms. The second kappa shape index (κ2) is 9.16. The largest absolute Gasteiger partial charge is 0.324 e. The standard InChI is InChI=1S/C19H20N4O5S/c1-3-18(19(24)21-15-9-7-14(8-10-15)11-12-20)22(29(2,27)28)16-5-4-6-17(13-16)23(25)26/h4-10,13,18H,3,11H2,1-2H3,(H,21,24)/t18-/m1/s1. The first kappa shape index (κ1) is 21.8. The highest BCUT2D eigenvalue weighted by molar-refractivity contribution is 7.92. The van der Waals surface area contributed by atoms with Crippen LogP contribution >= 0.6 is 0 Å². The van der Waals surface area contributed by atoms with Crippen LogP contribution in [0.2, 0.25) is 0 Å². The van der Waals surface area contributed by atoms with Crippen LogP contribution < -0.4 is 9.62 Å². The van der Waals surface area contributed by atoms with E-state index in [9.17, 15) is 23.3 Å². The lowest BCUT2D eigenvalue weighted by Crippen LogP contribution is -2.47. The summed E-state index contributed by atoms with van der Waals surface area (Å²) in [6, 6.07) is 12.7. The Bertz CT molecular complexity index is 1050. The summed E-state index contributed by atoms with van der Waals surface area (Å²) in [4.78, 5) is 23.3. The summed E-state index contributed by atoms with van der Waals surface area (Å²) in [6.07, 6.45) is 1.33. The molecule has 29 heavy (non-hydrogen) atoms. The van der Waals surface area contributed by atoms with Crippen LogP contribution in [-0.2, 0) is 21.2 Å². The van der Waals surface area contributed by atoms with Crippen LogP contribution in [0.1, 0.15) is 18.9 Å². The summed E-state index contributed by atoms with van der Waals surface area (Å²) < 4.78 is 25.8. The molecule has 0 saturated carbocycles. The summed E-state index contributed by atoms with van der Waals surface area (Å²) in [5.41, 5.74) is 0.988. The summed E-state index contributed by atoms with van der Waals surface area (Å²) in [7, 11) is -3.91. The zero-order valence-corrected chi connectivity index (χ0v) is 16.7. The molecule has 1 N–H and O–H groups in total. The molecule has 0 aliphatic carbocycles. The Kier molecular flexibility index (Phi) is 6.90. The fourth-order valence-electron chi connectivity index (χ4n) is 2.83. The Morgan fingerprint density at radius 3 is 2.45 bits per heavy atom. The first-order valence-electron chi connectivity index (χ1n) is 8.68. The number of rotatable bonds is 8. The maximum absolute atomic E-state index is 12.8. The molecule has 2 aromatic carbocycles. The van der Waals surface area contributed by atoms with Gasteiger partial charge in [0.15, 0.2) is 0 Å². The Hall–Kier alpha value is -3.45. The normalized spacial score (nSPS) is 11.9. The number of anilines is 2. The van der Waals surface area contributed by atoms with Crippen LogP contribution in [0.5, 0.6) is 0 Å². The van der Waals surface area contributed by atoms with Gasteiger partial charge in [-0.1, -0.05) is 25.1 Å². The number of nitrogens with one attached hydrogen (secondary N) is 1. The number of nitriles is 1. The smallest absolute Gasteiger partial charge is 0.271 e. The van der Waals surface area contributed by atoms with Crippen molar-refractivity contribution in [2.45, 2.75) is 25.8 Å². The maximum Gasteiger partial charge on any atom is 0.271 e. The van der Waals surface area contributed by atoms with Crippen molar-refractivity contribution in [2.75, 3.05) is 15.9 Å². The van der Waals surface area contributed by atoms with Gasteiger partial charge in [-0.05, 0) is 30.2 Å². The molecule has 0 unspecified atom stereocenters. The molecule has 0 aliphatic heterocycles. The van der Waals surface area contributed by atoms with Crippen LogP contribution in [0.25, 0.3) is 0 Å². The summed E-state index contributed by atoms with van der Waals surface area (Å²) in [5, 5.41) is 22.4. The Labute approximate surface area is 168 Å². The third-order valence-electron chi connectivity index (χ3n) is 4.13. The third-order valence-corrected chi connectivity index (χ3v) is 5.31. The molecular weight excluding hydrogens is 396 g/mol. The molecule has 1 amide bonds. The molecule has 0 saturated heterocycles. The van der Waals surface area contributed by atoms with Crippen LogP contribution in [0.4, 0.5) is 17.1 Å². The lowest BCUT2D eigenvalue weighted by atomic mass is 10.1. The highest BCUT2D eigenvalue weighted by Gasteiger charge is 2.32. The van der Waals surface area contributed by atoms with Gasteiger partial charge < -0.3 is 5.32 Å². The van der Waals surface area contributed by atoms with E-state index in [0.717, 1.165) is 22.2 Å². The van der Waals surface area contributed by atoms with E-state index >= 15 is 0 Å². The van der Waals surface area contributed by atoms with E-state index in [4.69, 9.17) is 5.26 Å². The number of nitro benzene ring substituents is 1. The molecule has 0 radical (unpaired) electrons. The van der Waals surface area contributed by atoms with Crippen LogP contribution in [0, 0.1) is 21.4 Å². The minimum atomic E-state index is -3.91. The molecule has 2 aromatic rings. The number of hydrogen-bond acceptors (Lipinski definition) is 6. The predicted octanol–water partition coefficient (Wildman–Crippen LogP) is 2.84. The number of sulfonamides is 1. The monoisotopic (exact) mass is 416 g/mol. The Morgan fingerprint density at radius 1 is 1.28 bits per heavy atom. The molecule has 0 aliphatic rings. The van der Waals surface area contributed by atoms with Crippen LogP contribution in [0.15, 0.2) is 48.5 Å². The van der Waals surface area contributed by atoms with Gasteiger partial charge in [0.1, 0.15) is 6.04 Å². The van der Waals surface area contributed by atoms with E-state index in [-0.39, 0.29) is 24.2 Å². The molecule has 152 valence electrons. The molecule has 1 atom stereocenters. The highest BCUT2D eigenvalue weighted by atomic mass is 32.2. The Morgan fingerprint density at radius 2 is 1.93 bits per heavy atom. The van der Waals surface area contributed by atoms with Gasteiger partial charge in [-0.3, -0.25) is 19.2 Å². The van der Waals surface area contributed by atoms with E-state index < -0.39 is 26.9 Å². The average Bonchev–Trinajstić information content (AvgIpc) is 2.66. The highest BCUT2D eigenvalue weighted by Crippen LogP contribution is 2.27. The summed E-state index contributed by atoms with van der Waals surface area (Å²) in [5.74, 6) is -0.572. The first-order chi connectivity index (χ1) is 13.7. The van der Waals surface area contributed by atoms with Gasteiger partial charge in [0.25, 0.3) is 5.69 Å². The predicted molar refractivity (Wildman–Crippen MR) is 109 cm³/mol. The molecule has 10 heteroatoms. The van der Waals surface area contributed by atoms with Gasteiger partial charge >= 0.3 is 0 Å². The van der Waals surface area contributed by atoms with E-state index in [1.54, 1.807) is 31.2 Å². The van der Waals surface area contributed by atoms with Crippen molar-refractivity contribution in [2.24, 2.45) is 0 Å². The number of nitro groups is 1. The lowest BCUT2D eigenvalue weighted by molar-refractivity contribution is -0.384. The van der Waals surface area contributed by atoms with Crippen molar-refractivity contribution in [3.8, 4) is 6.07 Å². The number of hydrogen-bond donors (Lipinski definition) is 1. The number of nitrogens with zero attached hydrogens (tertiary/aromatic N) is 3. The second-order valence-electron chi connectivity index (χ2n) is 6.28. The molecule has 0 heterocycles. The van der Waals surface area contributed by atoms with Crippen molar-refractivity contribution in [3.05, 3.63) is 64.2 Å². The molecule has 0 bridgehead atoms. The van der Waals surface area contributed by atoms with Crippen molar-refractivity contribution in [1.82, 2.24) is 0 Å². The molecule has 2 rings (SSSR count). The average molecular weight is 416 g/mol. The van der Waals surface area contributed by atoms with E-state index in [0.29, 0.717) is 5.69 Å². The molecular formula is C19H20N4O5S. The third kappa shape index (κ3) is 5.52. The molecule has 0 fully saturated rings. The number of amides is 1. The zero-order valence-electron chi connectivity index (χ0n) is 15.9. The molecule has 0 aromatic heterocycles. The lowest BCUT2D eigenvalue weighted by Gasteiger charge is -2.30. The number of carbonyl (C=O) groups is 1. The fourth-order valence-corrected chi connectivity index (χ4v) is 4.03. The van der Waals surface area contributed by atoms with Crippen LogP contribution in [0.3, 0.4) is 0 Å². The Balaban J connectivity index is 2.36. The first-order valence-corrected chi connectivity index (χ1v) is 10.5. The summed E-state index contributed by atoms with van der Waals surface area (Å²) in [6.45, 7) is 1.65. The number of carbonyl (C=O) groups excluding carboxylic acids is 1.